The summed E-state index contributed by atoms with van der Waals surface area (Å²) in [4.78, 5) is 15.7. The van der Waals surface area contributed by atoms with Crippen LogP contribution in [0.25, 0.3) is 5.57 Å². The molecule has 11 heteroatoms. The van der Waals surface area contributed by atoms with Gasteiger partial charge in [0, 0.05) is 19.3 Å². The zero-order chi connectivity index (χ0) is 21.9. The van der Waals surface area contributed by atoms with Crippen molar-refractivity contribution in [2.24, 2.45) is 0 Å². The monoisotopic (exact) mass is 439 g/mol. The number of aromatic nitrogens is 2. The third kappa shape index (κ3) is 5.03. The fourth-order valence-electron chi connectivity index (χ4n) is 3.05. The smallest absolute Gasteiger partial charge is 0.277 e. The molecular formula is C19H23F2N5O3S. The lowest BCUT2D eigenvalue weighted by Gasteiger charge is -2.20. The molecule has 1 aliphatic heterocycles. The summed E-state index contributed by atoms with van der Waals surface area (Å²) in [6, 6.07) is 3.46. The second-order valence-corrected chi connectivity index (χ2v) is 8.87. The highest BCUT2D eigenvalue weighted by Gasteiger charge is 2.23. The lowest BCUT2D eigenvalue weighted by atomic mass is 10.1. The van der Waals surface area contributed by atoms with Gasteiger partial charge >= 0.3 is 0 Å². The number of anilines is 1. The van der Waals surface area contributed by atoms with Crippen molar-refractivity contribution in [2.75, 3.05) is 36.0 Å². The molecule has 0 atom stereocenters. The van der Waals surface area contributed by atoms with Crippen LogP contribution in [0.2, 0.25) is 0 Å². The highest BCUT2D eigenvalue weighted by Crippen LogP contribution is 2.23. The number of amides is 1. The average molecular weight is 439 g/mol. The zero-order valence-corrected chi connectivity index (χ0v) is 17.5. The number of likely N-dealkylation sites (N-methyl/N-ethyl adjacent to an activating group) is 1. The van der Waals surface area contributed by atoms with Crippen molar-refractivity contribution in [2.45, 2.75) is 19.8 Å². The van der Waals surface area contributed by atoms with Crippen molar-refractivity contribution in [1.82, 2.24) is 14.8 Å². The first-order valence-electron chi connectivity index (χ1n) is 9.43. The standard InChI is InChI=1S/C19H23F2N5O3S/c1-3-12-30(28,29)24-16-5-4-14(20)17(18(16)21)19(27)23-26-11-8-15(22-26)13-6-9-25(2)10-7-13/h4-6,8,11,24H,3,7,9-10,12H2,1-2H3,(H,23,27). The molecule has 0 saturated heterocycles. The van der Waals surface area contributed by atoms with Gasteiger partial charge < -0.3 is 4.90 Å². The molecule has 0 unspecified atom stereocenters. The minimum Gasteiger partial charge on any atom is -0.302 e. The molecule has 0 fully saturated rings. The molecule has 1 aliphatic rings. The Morgan fingerprint density at radius 2 is 2.03 bits per heavy atom. The van der Waals surface area contributed by atoms with Gasteiger partial charge in [0.2, 0.25) is 10.0 Å². The summed E-state index contributed by atoms with van der Waals surface area (Å²) < 4.78 is 54.7. The highest BCUT2D eigenvalue weighted by molar-refractivity contribution is 7.92. The van der Waals surface area contributed by atoms with E-state index >= 15 is 0 Å². The van der Waals surface area contributed by atoms with Gasteiger partial charge in [-0.1, -0.05) is 13.0 Å². The van der Waals surface area contributed by atoms with Crippen molar-refractivity contribution < 1.29 is 22.0 Å². The Labute approximate surface area is 173 Å². The Balaban J connectivity index is 1.80. The number of hydrogen-bond acceptors (Lipinski definition) is 5. The molecule has 1 amide bonds. The van der Waals surface area contributed by atoms with E-state index in [0.717, 1.165) is 42.0 Å². The van der Waals surface area contributed by atoms with Gasteiger partial charge in [-0.25, -0.2) is 22.6 Å². The molecule has 2 heterocycles. The number of carbonyl (C=O) groups excluding carboxylic acids is 1. The molecule has 2 N–H and O–H groups in total. The second-order valence-electron chi connectivity index (χ2n) is 7.03. The molecule has 1 aromatic carbocycles. The molecule has 0 spiro atoms. The van der Waals surface area contributed by atoms with Crippen molar-refractivity contribution in [3.8, 4) is 0 Å². The van der Waals surface area contributed by atoms with Crippen LogP contribution in [0.4, 0.5) is 14.5 Å². The molecule has 0 aliphatic carbocycles. The van der Waals surface area contributed by atoms with Crippen LogP contribution >= 0.6 is 0 Å². The van der Waals surface area contributed by atoms with Crippen LogP contribution in [-0.4, -0.2) is 55.0 Å². The van der Waals surface area contributed by atoms with E-state index in [1.165, 1.54) is 6.20 Å². The Bertz CT molecular complexity index is 1080. The van der Waals surface area contributed by atoms with Crippen molar-refractivity contribution in [1.29, 1.82) is 0 Å². The maximum absolute atomic E-state index is 14.7. The third-order valence-corrected chi connectivity index (χ3v) is 6.08. The van der Waals surface area contributed by atoms with E-state index < -0.39 is 38.8 Å². The lowest BCUT2D eigenvalue weighted by molar-refractivity contribution is 0.0997. The first-order chi connectivity index (χ1) is 14.2. The first kappa shape index (κ1) is 21.9. The van der Waals surface area contributed by atoms with Crippen LogP contribution in [0.1, 0.15) is 35.8 Å². The van der Waals surface area contributed by atoms with E-state index in [9.17, 15) is 22.0 Å². The van der Waals surface area contributed by atoms with E-state index in [-0.39, 0.29) is 5.75 Å². The number of carbonyl (C=O) groups is 1. The molecule has 30 heavy (non-hydrogen) atoms. The Morgan fingerprint density at radius 3 is 2.70 bits per heavy atom. The van der Waals surface area contributed by atoms with Gasteiger partial charge in [0.05, 0.1) is 17.1 Å². The molecule has 1 aromatic heterocycles. The quantitative estimate of drug-likeness (QED) is 0.691. The van der Waals surface area contributed by atoms with Gasteiger partial charge in [-0.3, -0.25) is 9.52 Å². The summed E-state index contributed by atoms with van der Waals surface area (Å²) in [5, 5.41) is 4.23. The van der Waals surface area contributed by atoms with Crippen LogP contribution in [0.5, 0.6) is 0 Å². The summed E-state index contributed by atoms with van der Waals surface area (Å²) >= 11 is 0. The molecular weight excluding hydrogens is 416 g/mol. The SMILES string of the molecule is CCCS(=O)(=O)Nc1ccc(F)c(C(=O)Nn2ccc(C3=CCN(C)CC3)n2)c1F. The number of benzene rings is 1. The van der Waals surface area contributed by atoms with Crippen molar-refractivity contribution in [3.63, 3.8) is 0 Å². The third-order valence-electron chi connectivity index (χ3n) is 4.60. The predicted octanol–water partition coefficient (Wildman–Crippen LogP) is 2.42. The average Bonchev–Trinajstić information content (AvgIpc) is 3.13. The van der Waals surface area contributed by atoms with Crippen LogP contribution < -0.4 is 10.1 Å². The highest BCUT2D eigenvalue weighted by atomic mass is 32.2. The van der Waals surface area contributed by atoms with E-state index in [4.69, 9.17) is 0 Å². The summed E-state index contributed by atoms with van der Waals surface area (Å²) in [6.45, 7) is 3.31. The fraction of sp³-hybridized carbons (Fsp3) is 0.368. The van der Waals surface area contributed by atoms with Crippen molar-refractivity contribution in [3.05, 3.63) is 53.4 Å². The molecule has 0 saturated carbocycles. The van der Waals surface area contributed by atoms with E-state index in [1.54, 1.807) is 13.0 Å². The van der Waals surface area contributed by atoms with E-state index in [0.29, 0.717) is 12.1 Å². The molecule has 0 radical (unpaired) electrons. The number of halogens is 2. The minimum atomic E-state index is -3.81. The van der Waals surface area contributed by atoms with E-state index in [1.807, 2.05) is 17.8 Å². The van der Waals surface area contributed by atoms with Crippen LogP contribution in [0.15, 0.2) is 30.5 Å². The minimum absolute atomic E-state index is 0.229. The number of nitrogens with zero attached hydrogens (tertiary/aromatic N) is 3. The summed E-state index contributed by atoms with van der Waals surface area (Å²) in [5.74, 6) is -3.73. The van der Waals surface area contributed by atoms with Gasteiger partial charge in [-0.2, -0.15) is 9.89 Å². The Kier molecular flexibility index (Phi) is 6.52. The number of nitrogens with one attached hydrogen (secondary N) is 2. The second kappa shape index (κ2) is 8.92. The summed E-state index contributed by atoms with van der Waals surface area (Å²) in [6.07, 6.45) is 4.61. The molecule has 8 nitrogen and oxygen atoms in total. The number of sulfonamides is 1. The normalized spacial score (nSPS) is 15.0. The first-order valence-corrected chi connectivity index (χ1v) is 11.1. The Morgan fingerprint density at radius 1 is 1.27 bits per heavy atom. The molecule has 2 aromatic rings. The van der Waals surface area contributed by atoms with Gasteiger partial charge in [0.25, 0.3) is 5.91 Å². The van der Waals surface area contributed by atoms with Gasteiger partial charge in [0.1, 0.15) is 11.4 Å². The van der Waals surface area contributed by atoms with Gasteiger partial charge in [-0.15, -0.1) is 0 Å². The largest absolute Gasteiger partial charge is 0.302 e. The molecule has 3 rings (SSSR count). The van der Waals surface area contributed by atoms with Crippen LogP contribution in [-0.2, 0) is 10.0 Å². The summed E-state index contributed by atoms with van der Waals surface area (Å²) in [5.41, 5.74) is 2.58. The maximum atomic E-state index is 14.7. The predicted molar refractivity (Wildman–Crippen MR) is 110 cm³/mol. The lowest BCUT2D eigenvalue weighted by Crippen LogP contribution is -2.26. The fourth-order valence-corrected chi connectivity index (χ4v) is 4.18. The topological polar surface area (TPSA) is 96.3 Å². The van der Waals surface area contributed by atoms with Crippen molar-refractivity contribution >= 4 is 27.2 Å². The number of hydrogen-bond donors (Lipinski definition) is 2. The van der Waals surface area contributed by atoms with Gasteiger partial charge in [-0.05, 0) is 43.7 Å². The van der Waals surface area contributed by atoms with E-state index in [2.05, 4.69) is 15.4 Å². The van der Waals surface area contributed by atoms with Gasteiger partial charge in [0.15, 0.2) is 5.82 Å². The molecule has 0 bridgehead atoms. The number of rotatable bonds is 7. The van der Waals surface area contributed by atoms with Crippen LogP contribution in [0, 0.1) is 11.6 Å². The Hall–Kier alpha value is -2.79. The summed E-state index contributed by atoms with van der Waals surface area (Å²) in [7, 11) is -1.80. The maximum Gasteiger partial charge on any atom is 0.277 e. The zero-order valence-electron chi connectivity index (χ0n) is 16.7. The molecule has 162 valence electrons. The van der Waals surface area contributed by atoms with Crippen LogP contribution in [0.3, 0.4) is 0 Å².